The summed E-state index contributed by atoms with van der Waals surface area (Å²) in [6.07, 6.45) is 2.91. The Morgan fingerprint density at radius 2 is 2.04 bits per heavy atom. The Labute approximate surface area is 164 Å². The molecule has 28 heavy (non-hydrogen) atoms. The highest BCUT2D eigenvalue weighted by atomic mass is 16.2. The number of aryl methyl sites for hydroxylation is 2. The summed E-state index contributed by atoms with van der Waals surface area (Å²) < 4.78 is 2.26. The van der Waals surface area contributed by atoms with E-state index in [1.807, 2.05) is 18.2 Å². The standard InChI is InChI=1S/C21H26N4O3/c1-4-9-24-13(2)10-14-11-16(7-8-17(14)24)22-18(26)12-25-19(27)21(3,15-5-6-15)23-20(25)28/h7-8,10-11,15H,4-6,9,12H2,1-3H3,(H,22,26)(H,23,28)/t21-/m0/s1. The summed E-state index contributed by atoms with van der Waals surface area (Å²) in [6, 6.07) is 7.38. The normalized spacial score (nSPS) is 22.0. The van der Waals surface area contributed by atoms with Crippen LogP contribution in [-0.2, 0) is 16.1 Å². The lowest BCUT2D eigenvalue weighted by atomic mass is 9.96. The summed E-state index contributed by atoms with van der Waals surface area (Å²) in [7, 11) is 0. The molecule has 2 fully saturated rings. The summed E-state index contributed by atoms with van der Waals surface area (Å²) in [5, 5.41) is 6.63. The number of anilines is 1. The maximum Gasteiger partial charge on any atom is 0.325 e. The number of hydrogen-bond acceptors (Lipinski definition) is 3. The Morgan fingerprint density at radius 1 is 1.29 bits per heavy atom. The fraction of sp³-hybridized carbons (Fsp3) is 0.476. The molecule has 1 aliphatic carbocycles. The average Bonchev–Trinajstić information content (AvgIpc) is 3.42. The van der Waals surface area contributed by atoms with E-state index in [1.54, 1.807) is 6.92 Å². The van der Waals surface area contributed by atoms with Crippen molar-refractivity contribution in [2.45, 2.75) is 52.1 Å². The van der Waals surface area contributed by atoms with Crippen LogP contribution in [0.2, 0.25) is 0 Å². The van der Waals surface area contributed by atoms with Gasteiger partial charge >= 0.3 is 6.03 Å². The highest BCUT2D eigenvalue weighted by Crippen LogP contribution is 2.42. The molecule has 4 amide bonds. The molecule has 2 heterocycles. The number of nitrogens with one attached hydrogen (secondary N) is 2. The monoisotopic (exact) mass is 382 g/mol. The van der Waals surface area contributed by atoms with E-state index in [4.69, 9.17) is 0 Å². The number of carbonyl (C=O) groups is 3. The van der Waals surface area contributed by atoms with Crippen molar-refractivity contribution in [2.24, 2.45) is 5.92 Å². The zero-order chi connectivity index (χ0) is 20.1. The molecule has 2 aliphatic rings. The van der Waals surface area contributed by atoms with E-state index in [9.17, 15) is 14.4 Å². The Hall–Kier alpha value is -2.83. The average molecular weight is 382 g/mol. The van der Waals surface area contributed by atoms with E-state index in [2.05, 4.69) is 35.1 Å². The Balaban J connectivity index is 1.46. The molecular weight excluding hydrogens is 356 g/mol. The van der Waals surface area contributed by atoms with Gasteiger partial charge in [-0.2, -0.15) is 0 Å². The zero-order valence-electron chi connectivity index (χ0n) is 16.5. The van der Waals surface area contributed by atoms with Crippen LogP contribution in [0, 0.1) is 12.8 Å². The molecule has 2 N–H and O–H groups in total. The molecule has 1 aliphatic heterocycles. The van der Waals surface area contributed by atoms with E-state index in [-0.39, 0.29) is 24.3 Å². The predicted octanol–water partition coefficient (Wildman–Crippen LogP) is 3.02. The Morgan fingerprint density at radius 3 is 2.71 bits per heavy atom. The van der Waals surface area contributed by atoms with E-state index >= 15 is 0 Å². The van der Waals surface area contributed by atoms with Gasteiger partial charge in [0.05, 0.1) is 0 Å². The molecule has 7 nitrogen and oxygen atoms in total. The number of urea groups is 1. The molecule has 1 aromatic carbocycles. The van der Waals surface area contributed by atoms with Gasteiger partial charge in [0, 0.05) is 28.8 Å². The number of imide groups is 1. The van der Waals surface area contributed by atoms with Crippen LogP contribution in [0.4, 0.5) is 10.5 Å². The van der Waals surface area contributed by atoms with E-state index < -0.39 is 11.6 Å². The van der Waals surface area contributed by atoms with Crippen molar-refractivity contribution in [3.63, 3.8) is 0 Å². The molecule has 7 heteroatoms. The van der Waals surface area contributed by atoms with Gasteiger partial charge in [-0.25, -0.2) is 4.79 Å². The number of rotatable bonds is 6. The minimum Gasteiger partial charge on any atom is -0.345 e. The van der Waals surface area contributed by atoms with Gasteiger partial charge in [-0.3, -0.25) is 14.5 Å². The maximum atomic E-state index is 12.6. The summed E-state index contributed by atoms with van der Waals surface area (Å²) in [6.45, 7) is 6.64. The highest BCUT2D eigenvalue weighted by molar-refractivity contribution is 6.10. The lowest BCUT2D eigenvalue weighted by Crippen LogP contribution is -2.46. The van der Waals surface area contributed by atoms with Crippen LogP contribution < -0.4 is 10.6 Å². The van der Waals surface area contributed by atoms with Crippen LogP contribution in [-0.4, -0.2) is 39.4 Å². The second kappa shape index (κ2) is 6.65. The topological polar surface area (TPSA) is 83.4 Å². The molecule has 148 valence electrons. The zero-order valence-corrected chi connectivity index (χ0v) is 16.5. The van der Waals surface area contributed by atoms with Gasteiger partial charge in [-0.05, 0) is 63.3 Å². The third kappa shape index (κ3) is 3.04. The smallest absolute Gasteiger partial charge is 0.325 e. The number of aromatic nitrogens is 1. The Kier molecular flexibility index (Phi) is 4.40. The molecule has 0 bridgehead atoms. The van der Waals surface area contributed by atoms with Crippen molar-refractivity contribution in [2.75, 3.05) is 11.9 Å². The van der Waals surface area contributed by atoms with Crippen molar-refractivity contribution >= 4 is 34.4 Å². The Bertz CT molecular complexity index is 975. The van der Waals surface area contributed by atoms with Gasteiger partial charge in [-0.15, -0.1) is 0 Å². The molecule has 0 spiro atoms. The first-order valence-electron chi connectivity index (χ1n) is 9.87. The van der Waals surface area contributed by atoms with Gasteiger partial charge in [0.25, 0.3) is 5.91 Å². The minimum absolute atomic E-state index is 0.176. The quantitative estimate of drug-likeness (QED) is 0.754. The minimum atomic E-state index is -0.865. The number of carbonyl (C=O) groups excluding carboxylic acids is 3. The molecule has 0 radical (unpaired) electrons. The van der Waals surface area contributed by atoms with E-state index in [1.165, 1.54) is 5.69 Å². The first-order valence-corrected chi connectivity index (χ1v) is 9.87. The number of hydrogen-bond donors (Lipinski definition) is 2. The summed E-state index contributed by atoms with van der Waals surface area (Å²) in [4.78, 5) is 38.4. The molecular formula is C21H26N4O3. The van der Waals surface area contributed by atoms with Crippen molar-refractivity contribution in [1.29, 1.82) is 0 Å². The molecule has 2 aromatic rings. The molecule has 1 aromatic heterocycles. The largest absolute Gasteiger partial charge is 0.345 e. The van der Waals surface area contributed by atoms with Gasteiger partial charge in [-0.1, -0.05) is 6.92 Å². The van der Waals surface area contributed by atoms with Gasteiger partial charge < -0.3 is 15.2 Å². The van der Waals surface area contributed by atoms with Gasteiger partial charge in [0.15, 0.2) is 0 Å². The fourth-order valence-corrected chi connectivity index (χ4v) is 4.15. The molecule has 1 atom stereocenters. The third-order valence-corrected chi connectivity index (χ3v) is 5.84. The van der Waals surface area contributed by atoms with E-state index in [0.717, 1.165) is 41.6 Å². The number of amides is 4. The van der Waals surface area contributed by atoms with Gasteiger partial charge in [0.1, 0.15) is 12.1 Å². The third-order valence-electron chi connectivity index (χ3n) is 5.84. The van der Waals surface area contributed by atoms with Crippen molar-refractivity contribution < 1.29 is 14.4 Å². The van der Waals surface area contributed by atoms with E-state index in [0.29, 0.717) is 5.69 Å². The first kappa shape index (κ1) is 18.5. The number of nitrogens with zero attached hydrogens (tertiary/aromatic N) is 2. The van der Waals surface area contributed by atoms with Crippen molar-refractivity contribution in [1.82, 2.24) is 14.8 Å². The predicted molar refractivity (Wildman–Crippen MR) is 107 cm³/mol. The second-order valence-corrected chi connectivity index (χ2v) is 8.06. The lowest BCUT2D eigenvalue weighted by Gasteiger charge is -2.20. The highest BCUT2D eigenvalue weighted by Gasteiger charge is 2.56. The number of benzene rings is 1. The molecule has 0 unspecified atom stereocenters. The SMILES string of the molecule is CCCn1c(C)cc2cc(NC(=O)CN3C(=O)N[C@@](C)(C4CC4)C3=O)ccc21. The lowest BCUT2D eigenvalue weighted by molar-refractivity contribution is -0.134. The van der Waals surface area contributed by atoms with Crippen LogP contribution in [0.3, 0.4) is 0 Å². The maximum absolute atomic E-state index is 12.6. The first-order chi connectivity index (χ1) is 13.3. The summed E-state index contributed by atoms with van der Waals surface area (Å²) >= 11 is 0. The van der Waals surface area contributed by atoms with Crippen LogP contribution in [0.5, 0.6) is 0 Å². The van der Waals surface area contributed by atoms with Crippen LogP contribution in [0.15, 0.2) is 24.3 Å². The van der Waals surface area contributed by atoms with Crippen LogP contribution >= 0.6 is 0 Å². The van der Waals surface area contributed by atoms with Crippen LogP contribution in [0.25, 0.3) is 10.9 Å². The molecule has 4 rings (SSSR count). The summed E-state index contributed by atoms with van der Waals surface area (Å²) in [5.74, 6) is -0.514. The van der Waals surface area contributed by atoms with Gasteiger partial charge in [0.2, 0.25) is 5.91 Å². The van der Waals surface area contributed by atoms with Crippen molar-refractivity contribution in [3.8, 4) is 0 Å². The van der Waals surface area contributed by atoms with Crippen LogP contribution in [0.1, 0.15) is 38.8 Å². The van der Waals surface area contributed by atoms with Crippen molar-refractivity contribution in [3.05, 3.63) is 30.0 Å². The molecule has 1 saturated heterocycles. The summed E-state index contributed by atoms with van der Waals surface area (Å²) in [5.41, 5.74) is 2.10. The second-order valence-electron chi connectivity index (χ2n) is 8.06. The molecule has 1 saturated carbocycles. The number of fused-ring (bicyclic) bond motifs is 1. The fourth-order valence-electron chi connectivity index (χ4n) is 4.15.